The van der Waals surface area contributed by atoms with Crippen LogP contribution in [0.1, 0.15) is 18.4 Å². The summed E-state index contributed by atoms with van der Waals surface area (Å²) in [6, 6.07) is 16.4. The molecule has 24 heavy (non-hydrogen) atoms. The molecule has 0 bridgehead atoms. The Balaban J connectivity index is 1.43. The summed E-state index contributed by atoms with van der Waals surface area (Å²) in [4.78, 5) is 14.1. The highest BCUT2D eigenvalue weighted by molar-refractivity contribution is 5.77. The fourth-order valence-corrected chi connectivity index (χ4v) is 3.13. The van der Waals surface area contributed by atoms with Gasteiger partial charge >= 0.3 is 0 Å². The fraction of sp³-hybridized carbons (Fsp3) is 0.350. The quantitative estimate of drug-likeness (QED) is 0.838. The van der Waals surface area contributed by atoms with E-state index in [0.717, 1.165) is 32.4 Å². The van der Waals surface area contributed by atoms with Crippen molar-refractivity contribution in [2.45, 2.75) is 19.3 Å². The molecule has 1 heterocycles. The zero-order valence-electron chi connectivity index (χ0n) is 13.7. The monoisotopic (exact) mass is 327 g/mol. The number of hydrogen-bond acceptors (Lipinski definition) is 2. The Morgan fingerprint density at radius 1 is 1.08 bits per heavy atom. The van der Waals surface area contributed by atoms with Crippen LogP contribution in [0.25, 0.3) is 0 Å². The molecule has 0 saturated carbocycles. The third kappa shape index (κ3) is 4.57. The van der Waals surface area contributed by atoms with E-state index in [0.29, 0.717) is 11.7 Å². The van der Waals surface area contributed by atoms with Gasteiger partial charge in [0.15, 0.2) is 6.61 Å². The summed E-state index contributed by atoms with van der Waals surface area (Å²) in [5.41, 5.74) is 1.36. The van der Waals surface area contributed by atoms with Crippen molar-refractivity contribution >= 4 is 5.91 Å². The number of piperidine rings is 1. The predicted molar refractivity (Wildman–Crippen MR) is 91.3 cm³/mol. The van der Waals surface area contributed by atoms with Crippen LogP contribution in [-0.2, 0) is 11.2 Å². The van der Waals surface area contributed by atoms with Gasteiger partial charge in [-0.05, 0) is 42.9 Å². The van der Waals surface area contributed by atoms with Crippen LogP contribution >= 0.6 is 0 Å². The summed E-state index contributed by atoms with van der Waals surface area (Å²) in [5, 5.41) is 0. The minimum atomic E-state index is -0.360. The zero-order valence-corrected chi connectivity index (χ0v) is 13.7. The summed E-state index contributed by atoms with van der Waals surface area (Å²) in [7, 11) is 0. The molecule has 1 fully saturated rings. The first kappa shape index (κ1) is 16.5. The van der Waals surface area contributed by atoms with E-state index in [9.17, 15) is 9.18 Å². The van der Waals surface area contributed by atoms with Gasteiger partial charge in [0.1, 0.15) is 11.6 Å². The van der Waals surface area contributed by atoms with Crippen LogP contribution in [0.5, 0.6) is 5.75 Å². The second kappa shape index (κ2) is 7.95. The number of nitrogens with zero attached hydrogens (tertiary/aromatic N) is 1. The van der Waals surface area contributed by atoms with E-state index in [1.165, 1.54) is 17.7 Å². The van der Waals surface area contributed by atoms with Crippen molar-refractivity contribution in [3.63, 3.8) is 0 Å². The number of amides is 1. The second-order valence-electron chi connectivity index (χ2n) is 6.26. The van der Waals surface area contributed by atoms with Crippen molar-refractivity contribution in [3.05, 3.63) is 66.0 Å². The van der Waals surface area contributed by atoms with Gasteiger partial charge in [0.05, 0.1) is 0 Å². The number of hydrogen-bond donors (Lipinski definition) is 0. The maximum atomic E-state index is 13.1. The molecular weight excluding hydrogens is 305 g/mol. The van der Waals surface area contributed by atoms with Gasteiger partial charge in [0.25, 0.3) is 5.91 Å². The van der Waals surface area contributed by atoms with E-state index >= 15 is 0 Å². The number of rotatable bonds is 5. The van der Waals surface area contributed by atoms with E-state index in [4.69, 9.17) is 4.74 Å². The van der Waals surface area contributed by atoms with Crippen LogP contribution in [0.2, 0.25) is 0 Å². The van der Waals surface area contributed by atoms with Gasteiger partial charge in [-0.2, -0.15) is 0 Å². The molecule has 3 nitrogen and oxygen atoms in total. The van der Waals surface area contributed by atoms with Crippen LogP contribution in [0.15, 0.2) is 54.6 Å². The van der Waals surface area contributed by atoms with Crippen LogP contribution in [0.4, 0.5) is 4.39 Å². The molecule has 126 valence electrons. The first-order valence-electron chi connectivity index (χ1n) is 8.41. The Kier molecular flexibility index (Phi) is 5.47. The van der Waals surface area contributed by atoms with Crippen LogP contribution < -0.4 is 4.74 Å². The lowest BCUT2D eigenvalue weighted by Gasteiger charge is -2.32. The molecule has 0 aromatic heterocycles. The molecule has 1 saturated heterocycles. The molecule has 1 aliphatic rings. The number of halogens is 1. The lowest BCUT2D eigenvalue weighted by Crippen LogP contribution is -2.41. The van der Waals surface area contributed by atoms with Crippen LogP contribution in [-0.4, -0.2) is 30.5 Å². The average molecular weight is 327 g/mol. The summed E-state index contributed by atoms with van der Waals surface area (Å²) < 4.78 is 18.5. The largest absolute Gasteiger partial charge is 0.484 e. The van der Waals surface area contributed by atoms with Gasteiger partial charge in [0.2, 0.25) is 0 Å². The molecule has 0 N–H and O–H groups in total. The number of ether oxygens (including phenoxy) is 1. The van der Waals surface area contributed by atoms with E-state index in [1.54, 1.807) is 12.1 Å². The molecule has 4 heteroatoms. The Bertz CT molecular complexity index is 666. The number of benzene rings is 2. The zero-order chi connectivity index (χ0) is 16.8. The highest BCUT2D eigenvalue weighted by atomic mass is 19.1. The van der Waals surface area contributed by atoms with Crippen molar-refractivity contribution in [1.29, 1.82) is 0 Å². The molecule has 3 rings (SSSR count). The lowest BCUT2D eigenvalue weighted by molar-refractivity contribution is -0.134. The molecule has 0 aliphatic carbocycles. The van der Waals surface area contributed by atoms with Gasteiger partial charge in [-0.15, -0.1) is 0 Å². The molecular formula is C20H22FNO2. The highest BCUT2D eigenvalue weighted by Crippen LogP contribution is 2.22. The third-order valence-corrected chi connectivity index (χ3v) is 4.49. The fourth-order valence-electron chi connectivity index (χ4n) is 3.13. The maximum Gasteiger partial charge on any atom is 0.260 e. The topological polar surface area (TPSA) is 29.5 Å². The van der Waals surface area contributed by atoms with Gasteiger partial charge in [-0.25, -0.2) is 4.39 Å². The highest BCUT2D eigenvalue weighted by Gasteiger charge is 2.23. The van der Waals surface area contributed by atoms with E-state index in [1.807, 2.05) is 11.0 Å². The minimum absolute atomic E-state index is 0.0302. The molecule has 0 spiro atoms. The van der Waals surface area contributed by atoms with Gasteiger partial charge < -0.3 is 9.64 Å². The molecule has 2 aromatic rings. The molecule has 1 aliphatic heterocycles. The van der Waals surface area contributed by atoms with Gasteiger partial charge in [-0.3, -0.25) is 4.79 Å². The summed E-state index contributed by atoms with van der Waals surface area (Å²) in [6.07, 6.45) is 3.10. The van der Waals surface area contributed by atoms with Gasteiger partial charge in [-0.1, -0.05) is 36.4 Å². The first-order valence-corrected chi connectivity index (χ1v) is 8.41. The minimum Gasteiger partial charge on any atom is -0.484 e. The number of likely N-dealkylation sites (tertiary alicyclic amines) is 1. The molecule has 2 aromatic carbocycles. The van der Waals surface area contributed by atoms with E-state index in [-0.39, 0.29) is 18.3 Å². The Morgan fingerprint density at radius 2 is 1.83 bits per heavy atom. The van der Waals surface area contributed by atoms with Crippen LogP contribution in [0.3, 0.4) is 0 Å². The number of carbonyl (C=O) groups is 1. The van der Waals surface area contributed by atoms with Crippen molar-refractivity contribution in [1.82, 2.24) is 4.90 Å². The third-order valence-electron chi connectivity index (χ3n) is 4.49. The summed E-state index contributed by atoms with van der Waals surface area (Å²) in [6.45, 7) is 1.50. The van der Waals surface area contributed by atoms with Gasteiger partial charge in [0, 0.05) is 19.2 Å². The molecule has 0 radical (unpaired) electrons. The Morgan fingerprint density at radius 3 is 2.54 bits per heavy atom. The average Bonchev–Trinajstić information content (AvgIpc) is 2.61. The smallest absolute Gasteiger partial charge is 0.260 e. The Hall–Kier alpha value is -2.36. The van der Waals surface area contributed by atoms with E-state index in [2.05, 4.69) is 24.3 Å². The SMILES string of the molecule is O=C(COc1cccc(F)c1)N1CCC(Cc2ccccc2)CC1. The summed E-state index contributed by atoms with van der Waals surface area (Å²) in [5.74, 6) is 0.627. The van der Waals surface area contributed by atoms with Crippen molar-refractivity contribution in [2.24, 2.45) is 5.92 Å². The standard InChI is InChI=1S/C20H22FNO2/c21-18-7-4-8-19(14-18)24-15-20(23)22-11-9-17(10-12-22)13-16-5-2-1-3-6-16/h1-8,14,17H,9-13,15H2. The number of carbonyl (C=O) groups excluding carboxylic acids is 1. The van der Waals surface area contributed by atoms with Crippen LogP contribution in [0, 0.1) is 11.7 Å². The second-order valence-corrected chi connectivity index (χ2v) is 6.26. The summed E-state index contributed by atoms with van der Waals surface area (Å²) >= 11 is 0. The van der Waals surface area contributed by atoms with Crippen molar-refractivity contribution in [3.8, 4) is 5.75 Å². The van der Waals surface area contributed by atoms with Crippen molar-refractivity contribution in [2.75, 3.05) is 19.7 Å². The molecule has 1 amide bonds. The first-order chi connectivity index (χ1) is 11.7. The Labute approximate surface area is 142 Å². The molecule has 0 unspecified atom stereocenters. The van der Waals surface area contributed by atoms with E-state index < -0.39 is 0 Å². The molecule has 0 atom stereocenters. The normalized spacial score (nSPS) is 15.3. The lowest BCUT2D eigenvalue weighted by atomic mass is 9.90. The maximum absolute atomic E-state index is 13.1. The predicted octanol–water partition coefficient (Wildman–Crippen LogP) is 3.69. The van der Waals surface area contributed by atoms with Crippen molar-refractivity contribution < 1.29 is 13.9 Å².